The molecule has 0 aliphatic carbocycles. The standard InChI is InChI=1S/C23H25BrN4O3/c1-15(2)21(31-19-8-4-3-6-16(19)12-25)23(30)28-11-5-7-17(14-28)22(29)27-20-10-9-18(24)13-26-20/h3-4,6,8-10,13,15,17,21H,5,7,11,14H2,1-2H3,(H,26,27,29). The van der Waals surface area contributed by atoms with Crippen LogP contribution in [0.5, 0.6) is 5.75 Å². The first-order valence-electron chi connectivity index (χ1n) is 10.3. The molecule has 0 saturated carbocycles. The Morgan fingerprint density at radius 2 is 2.06 bits per heavy atom. The zero-order valence-electron chi connectivity index (χ0n) is 17.5. The van der Waals surface area contributed by atoms with E-state index in [1.807, 2.05) is 19.9 Å². The number of ether oxygens (including phenoxy) is 1. The fourth-order valence-electron chi connectivity index (χ4n) is 3.52. The van der Waals surface area contributed by atoms with Gasteiger partial charge >= 0.3 is 0 Å². The van der Waals surface area contributed by atoms with Crippen molar-refractivity contribution in [2.45, 2.75) is 32.8 Å². The second-order valence-electron chi connectivity index (χ2n) is 7.86. The Morgan fingerprint density at radius 1 is 1.29 bits per heavy atom. The maximum atomic E-state index is 13.3. The molecule has 31 heavy (non-hydrogen) atoms. The number of nitriles is 1. The van der Waals surface area contributed by atoms with Gasteiger partial charge in [0.2, 0.25) is 5.91 Å². The fourth-order valence-corrected chi connectivity index (χ4v) is 3.75. The van der Waals surface area contributed by atoms with Gasteiger partial charge in [0.1, 0.15) is 17.6 Å². The van der Waals surface area contributed by atoms with Crippen LogP contribution in [0.1, 0.15) is 32.3 Å². The highest BCUT2D eigenvalue weighted by atomic mass is 79.9. The van der Waals surface area contributed by atoms with Crippen molar-refractivity contribution in [2.24, 2.45) is 11.8 Å². The molecule has 0 bridgehead atoms. The number of halogens is 1. The molecule has 7 nitrogen and oxygen atoms in total. The molecule has 1 aromatic carbocycles. The van der Waals surface area contributed by atoms with Crippen molar-refractivity contribution in [3.63, 3.8) is 0 Å². The number of carbonyl (C=O) groups is 2. The summed E-state index contributed by atoms with van der Waals surface area (Å²) in [4.78, 5) is 31.9. The maximum absolute atomic E-state index is 13.3. The first-order chi connectivity index (χ1) is 14.9. The smallest absolute Gasteiger partial charge is 0.263 e. The third-order valence-corrected chi connectivity index (χ3v) is 5.66. The summed E-state index contributed by atoms with van der Waals surface area (Å²) in [5.41, 5.74) is 0.388. The molecule has 1 saturated heterocycles. The van der Waals surface area contributed by atoms with Crippen molar-refractivity contribution in [2.75, 3.05) is 18.4 Å². The van der Waals surface area contributed by atoms with Gasteiger partial charge in [-0.3, -0.25) is 9.59 Å². The van der Waals surface area contributed by atoms with Crippen LogP contribution in [0, 0.1) is 23.2 Å². The van der Waals surface area contributed by atoms with Gasteiger partial charge in [-0.25, -0.2) is 4.98 Å². The van der Waals surface area contributed by atoms with Crippen LogP contribution in [-0.4, -0.2) is 40.9 Å². The van der Waals surface area contributed by atoms with Gasteiger partial charge in [0, 0.05) is 23.8 Å². The number of amides is 2. The first-order valence-corrected chi connectivity index (χ1v) is 11.1. The van der Waals surface area contributed by atoms with Crippen LogP contribution in [0.25, 0.3) is 0 Å². The van der Waals surface area contributed by atoms with E-state index in [-0.39, 0.29) is 23.7 Å². The molecule has 2 atom stereocenters. The molecule has 0 spiro atoms. The third kappa shape index (κ3) is 5.82. The molecule has 1 aliphatic heterocycles. The summed E-state index contributed by atoms with van der Waals surface area (Å²) in [5.74, 6) is 0.145. The number of benzene rings is 1. The molecule has 2 aromatic rings. The Labute approximate surface area is 190 Å². The normalized spacial score (nSPS) is 17.0. The lowest BCUT2D eigenvalue weighted by molar-refractivity contribution is -0.143. The molecule has 1 fully saturated rings. The predicted octanol–water partition coefficient (Wildman–Crippen LogP) is 4.00. The van der Waals surface area contributed by atoms with E-state index in [9.17, 15) is 14.9 Å². The molecule has 8 heteroatoms. The molecule has 3 rings (SSSR count). The largest absolute Gasteiger partial charge is 0.479 e. The lowest BCUT2D eigenvalue weighted by Crippen LogP contribution is -2.50. The van der Waals surface area contributed by atoms with Gasteiger partial charge in [0.15, 0.2) is 6.10 Å². The molecule has 2 unspecified atom stereocenters. The van der Waals surface area contributed by atoms with E-state index in [4.69, 9.17) is 4.74 Å². The third-order valence-electron chi connectivity index (χ3n) is 5.19. The first kappa shape index (κ1) is 22.8. The van der Waals surface area contributed by atoms with Gasteiger partial charge in [-0.05, 0) is 59.0 Å². The van der Waals surface area contributed by atoms with Gasteiger partial charge in [-0.15, -0.1) is 0 Å². The van der Waals surface area contributed by atoms with E-state index in [0.717, 1.165) is 10.9 Å². The number of aromatic nitrogens is 1. The number of para-hydroxylation sites is 1. The Bertz CT molecular complexity index is 972. The highest BCUT2D eigenvalue weighted by molar-refractivity contribution is 9.10. The molecular weight excluding hydrogens is 460 g/mol. The minimum atomic E-state index is -0.732. The van der Waals surface area contributed by atoms with Crippen LogP contribution in [0.3, 0.4) is 0 Å². The second-order valence-corrected chi connectivity index (χ2v) is 8.78. The topological polar surface area (TPSA) is 95.3 Å². The summed E-state index contributed by atoms with van der Waals surface area (Å²) in [7, 11) is 0. The van der Waals surface area contributed by atoms with Gasteiger partial charge in [0.05, 0.1) is 11.5 Å². The van der Waals surface area contributed by atoms with Crippen LogP contribution in [0.4, 0.5) is 5.82 Å². The number of hydrogen-bond acceptors (Lipinski definition) is 5. The number of anilines is 1. The zero-order valence-corrected chi connectivity index (χ0v) is 19.1. The van der Waals surface area contributed by atoms with Crippen LogP contribution >= 0.6 is 15.9 Å². The summed E-state index contributed by atoms with van der Waals surface area (Å²) in [6, 6.07) is 12.5. The summed E-state index contributed by atoms with van der Waals surface area (Å²) >= 11 is 3.32. The molecular formula is C23H25BrN4O3. The molecule has 2 heterocycles. The average molecular weight is 485 g/mol. The number of pyridine rings is 1. The number of carbonyl (C=O) groups excluding carboxylic acids is 2. The number of piperidine rings is 1. The highest BCUT2D eigenvalue weighted by Crippen LogP contribution is 2.25. The van der Waals surface area contributed by atoms with Crippen molar-refractivity contribution in [3.8, 4) is 11.8 Å². The van der Waals surface area contributed by atoms with E-state index < -0.39 is 6.10 Å². The van der Waals surface area contributed by atoms with Crippen LogP contribution < -0.4 is 10.1 Å². The Hall–Kier alpha value is -2.92. The number of nitrogens with one attached hydrogen (secondary N) is 1. The lowest BCUT2D eigenvalue weighted by Gasteiger charge is -2.35. The minimum Gasteiger partial charge on any atom is -0.479 e. The number of likely N-dealkylation sites (tertiary alicyclic amines) is 1. The van der Waals surface area contributed by atoms with E-state index in [0.29, 0.717) is 36.6 Å². The van der Waals surface area contributed by atoms with Gasteiger partial charge < -0.3 is 15.0 Å². The number of hydrogen-bond donors (Lipinski definition) is 1. The van der Waals surface area contributed by atoms with Crippen LogP contribution in [-0.2, 0) is 9.59 Å². The predicted molar refractivity (Wildman–Crippen MR) is 120 cm³/mol. The van der Waals surface area contributed by atoms with E-state index in [1.54, 1.807) is 41.4 Å². The van der Waals surface area contributed by atoms with E-state index >= 15 is 0 Å². The quantitative estimate of drug-likeness (QED) is 0.668. The minimum absolute atomic E-state index is 0.0968. The summed E-state index contributed by atoms with van der Waals surface area (Å²) in [5, 5.41) is 12.1. The Morgan fingerprint density at radius 3 is 2.74 bits per heavy atom. The van der Waals surface area contributed by atoms with Gasteiger partial charge in [0.25, 0.3) is 5.91 Å². The number of rotatable bonds is 6. The highest BCUT2D eigenvalue weighted by Gasteiger charge is 2.34. The van der Waals surface area contributed by atoms with Gasteiger partial charge in [-0.1, -0.05) is 26.0 Å². The Balaban J connectivity index is 1.68. The second kappa shape index (κ2) is 10.4. The average Bonchev–Trinajstić information content (AvgIpc) is 2.78. The SMILES string of the molecule is CC(C)C(Oc1ccccc1C#N)C(=O)N1CCCC(C(=O)Nc2ccc(Br)cn2)C1. The molecule has 1 N–H and O–H groups in total. The molecule has 1 aliphatic rings. The zero-order chi connectivity index (χ0) is 22.4. The van der Waals surface area contributed by atoms with E-state index in [2.05, 4.69) is 32.3 Å². The number of nitrogens with zero attached hydrogens (tertiary/aromatic N) is 3. The van der Waals surface area contributed by atoms with E-state index in [1.165, 1.54) is 0 Å². The van der Waals surface area contributed by atoms with Crippen LogP contribution in [0.2, 0.25) is 0 Å². The van der Waals surface area contributed by atoms with Crippen molar-refractivity contribution >= 4 is 33.6 Å². The molecule has 162 valence electrons. The van der Waals surface area contributed by atoms with Gasteiger partial charge in [-0.2, -0.15) is 5.26 Å². The summed E-state index contributed by atoms with van der Waals surface area (Å²) in [6.45, 7) is 4.72. The Kier molecular flexibility index (Phi) is 7.64. The van der Waals surface area contributed by atoms with Crippen molar-refractivity contribution in [3.05, 3.63) is 52.6 Å². The summed E-state index contributed by atoms with van der Waals surface area (Å²) < 4.78 is 6.82. The van der Waals surface area contributed by atoms with Crippen molar-refractivity contribution in [1.82, 2.24) is 9.88 Å². The van der Waals surface area contributed by atoms with Crippen molar-refractivity contribution < 1.29 is 14.3 Å². The fraction of sp³-hybridized carbons (Fsp3) is 0.391. The van der Waals surface area contributed by atoms with Crippen LogP contribution in [0.15, 0.2) is 47.1 Å². The lowest BCUT2D eigenvalue weighted by atomic mass is 9.95. The van der Waals surface area contributed by atoms with Crippen molar-refractivity contribution in [1.29, 1.82) is 5.26 Å². The molecule has 2 amide bonds. The molecule has 0 radical (unpaired) electrons. The molecule has 1 aromatic heterocycles. The summed E-state index contributed by atoms with van der Waals surface area (Å²) in [6.07, 6.45) is 2.33. The monoisotopic (exact) mass is 484 g/mol. The maximum Gasteiger partial charge on any atom is 0.263 e.